The number of anilines is 1. The molecule has 4 aliphatic rings. The maximum absolute atomic E-state index is 13.7. The summed E-state index contributed by atoms with van der Waals surface area (Å²) >= 11 is 0. The molecule has 2 fully saturated rings. The van der Waals surface area contributed by atoms with Crippen molar-refractivity contribution in [1.82, 2.24) is 14.6 Å². The first-order valence-corrected chi connectivity index (χ1v) is 10.8. The van der Waals surface area contributed by atoms with Gasteiger partial charge < -0.3 is 10.1 Å². The normalized spacial score (nSPS) is 31.2. The number of aryl methyl sites for hydroxylation is 3. The van der Waals surface area contributed by atoms with Crippen molar-refractivity contribution < 1.29 is 14.3 Å². The number of esters is 1. The van der Waals surface area contributed by atoms with Crippen LogP contribution in [0.4, 0.5) is 5.82 Å². The van der Waals surface area contributed by atoms with E-state index < -0.39 is 22.4 Å². The Morgan fingerprint density at radius 1 is 1.03 bits per heavy atom. The van der Waals surface area contributed by atoms with Gasteiger partial charge >= 0.3 is 5.97 Å². The largest absolute Gasteiger partial charge is 0.458 e. The summed E-state index contributed by atoms with van der Waals surface area (Å²) < 4.78 is 7.54. The molecule has 0 spiro atoms. The Kier molecular flexibility index (Phi) is 3.11. The second kappa shape index (κ2) is 5.18. The molecule has 7 heteroatoms. The van der Waals surface area contributed by atoms with Crippen molar-refractivity contribution in [3.63, 3.8) is 0 Å². The Morgan fingerprint density at radius 2 is 1.76 bits per heavy atom. The van der Waals surface area contributed by atoms with Crippen LogP contribution in [0.2, 0.25) is 0 Å². The summed E-state index contributed by atoms with van der Waals surface area (Å²) in [6, 6.07) is 0. The van der Waals surface area contributed by atoms with E-state index in [1.54, 1.807) is 0 Å². The van der Waals surface area contributed by atoms with E-state index in [1.807, 2.05) is 25.3 Å². The van der Waals surface area contributed by atoms with Gasteiger partial charge in [0.15, 0.2) is 11.1 Å². The van der Waals surface area contributed by atoms with E-state index in [0.717, 1.165) is 61.1 Å². The maximum Gasteiger partial charge on any atom is 0.322 e. The number of nitrogens with one attached hydrogen (secondary N) is 1. The van der Waals surface area contributed by atoms with Crippen LogP contribution in [-0.4, -0.2) is 32.1 Å². The van der Waals surface area contributed by atoms with Crippen molar-refractivity contribution in [2.75, 3.05) is 5.32 Å². The van der Waals surface area contributed by atoms with Gasteiger partial charge in [0.05, 0.1) is 5.69 Å². The summed E-state index contributed by atoms with van der Waals surface area (Å²) in [7, 11) is 0. The minimum Gasteiger partial charge on any atom is -0.458 e. The lowest BCUT2D eigenvalue weighted by molar-refractivity contribution is -0.161. The topological polar surface area (TPSA) is 85.6 Å². The second-order valence-electron chi connectivity index (χ2n) is 9.86. The van der Waals surface area contributed by atoms with Gasteiger partial charge in [0.2, 0.25) is 5.91 Å². The van der Waals surface area contributed by atoms with Crippen LogP contribution in [0.1, 0.15) is 69.0 Å². The summed E-state index contributed by atoms with van der Waals surface area (Å²) in [6.07, 6.45) is 7.10. The molecular weight excluding hydrogens is 368 g/mol. The summed E-state index contributed by atoms with van der Waals surface area (Å²) in [5.41, 5.74) is 2.98. The Balaban J connectivity index is 1.49. The predicted molar refractivity (Wildman–Crippen MR) is 106 cm³/mol. The van der Waals surface area contributed by atoms with Crippen molar-refractivity contribution >= 4 is 23.3 Å². The lowest BCUT2D eigenvalue weighted by Crippen LogP contribution is -2.48. The van der Waals surface area contributed by atoms with Crippen molar-refractivity contribution in [3.05, 3.63) is 22.5 Å². The summed E-state index contributed by atoms with van der Waals surface area (Å²) in [5, 5.41) is 7.96. The Morgan fingerprint density at radius 3 is 2.45 bits per heavy atom. The zero-order valence-electron chi connectivity index (χ0n) is 17.2. The molecule has 0 aromatic carbocycles. The average molecular weight is 394 g/mol. The first-order chi connectivity index (χ1) is 13.8. The van der Waals surface area contributed by atoms with Gasteiger partial charge in [-0.1, -0.05) is 13.8 Å². The number of hydrogen-bond acceptors (Lipinski definition) is 5. The highest BCUT2D eigenvalue weighted by Crippen LogP contribution is 2.65. The van der Waals surface area contributed by atoms with Gasteiger partial charge in [0.1, 0.15) is 11.4 Å². The number of nitrogens with zero attached hydrogens (tertiary/aromatic N) is 3. The van der Waals surface area contributed by atoms with Crippen LogP contribution >= 0.6 is 0 Å². The number of ether oxygens (including phenoxy) is 1. The van der Waals surface area contributed by atoms with Crippen molar-refractivity contribution in [2.24, 2.45) is 10.8 Å². The number of aromatic nitrogens is 3. The molecule has 2 bridgehead atoms. The minimum atomic E-state index is -1.15. The van der Waals surface area contributed by atoms with Gasteiger partial charge in [-0.05, 0) is 58.3 Å². The molecule has 7 nitrogen and oxygen atoms in total. The Labute approximate surface area is 169 Å². The fraction of sp³-hybridized carbons (Fsp3) is 0.636. The van der Waals surface area contributed by atoms with Crippen molar-refractivity contribution in [1.29, 1.82) is 0 Å². The SMILES string of the molecule is CC1(C)[C@]2(C(=O)Nc3c4c(nc5c6c(nn35)CCC6)CCC4)CC[C@@]1(C)OC2=O. The highest BCUT2D eigenvalue weighted by atomic mass is 16.6. The van der Waals surface area contributed by atoms with E-state index in [2.05, 4.69) is 5.32 Å². The summed E-state index contributed by atoms with van der Waals surface area (Å²) in [6.45, 7) is 5.92. The van der Waals surface area contributed by atoms with Crippen molar-refractivity contribution in [2.45, 2.75) is 77.7 Å². The second-order valence-corrected chi connectivity index (χ2v) is 9.86. The van der Waals surface area contributed by atoms with E-state index in [1.165, 1.54) is 5.56 Å². The lowest BCUT2D eigenvalue weighted by atomic mass is 9.65. The molecule has 2 atom stereocenters. The third-order valence-corrected chi connectivity index (χ3v) is 8.46. The molecule has 6 rings (SSSR count). The van der Waals surface area contributed by atoms with Gasteiger partial charge in [0, 0.05) is 22.2 Å². The monoisotopic (exact) mass is 394 g/mol. The smallest absolute Gasteiger partial charge is 0.322 e. The van der Waals surface area contributed by atoms with Gasteiger partial charge in [-0.15, -0.1) is 0 Å². The fourth-order valence-corrected chi connectivity index (χ4v) is 6.17. The highest BCUT2D eigenvalue weighted by Gasteiger charge is 2.76. The van der Waals surface area contributed by atoms with Gasteiger partial charge in [0.25, 0.3) is 0 Å². The van der Waals surface area contributed by atoms with E-state index in [4.69, 9.17) is 14.8 Å². The summed E-state index contributed by atoms with van der Waals surface area (Å²) in [4.78, 5) is 31.5. The van der Waals surface area contributed by atoms with E-state index >= 15 is 0 Å². The lowest BCUT2D eigenvalue weighted by Gasteiger charge is -2.34. The number of rotatable bonds is 2. The number of carbonyl (C=O) groups is 2. The molecule has 2 aromatic rings. The highest BCUT2D eigenvalue weighted by molar-refractivity contribution is 6.11. The molecule has 152 valence electrons. The number of hydrogen-bond donors (Lipinski definition) is 1. The summed E-state index contributed by atoms with van der Waals surface area (Å²) in [5.74, 6) is 0.0602. The molecule has 1 N–H and O–H groups in total. The molecule has 29 heavy (non-hydrogen) atoms. The number of fused-ring (bicyclic) bond motifs is 6. The van der Waals surface area contributed by atoms with E-state index in [0.29, 0.717) is 18.7 Å². The zero-order valence-corrected chi connectivity index (χ0v) is 17.2. The molecule has 3 heterocycles. The van der Waals surface area contributed by atoms with Gasteiger partial charge in [-0.25, -0.2) is 4.98 Å². The van der Waals surface area contributed by atoms with Crippen LogP contribution < -0.4 is 5.32 Å². The standard InChI is InChI=1S/C22H26N4O3/c1-20(2)21(3)10-11-22(20,19(28)29-21)18(27)24-17-12-6-4-8-14(12)23-16-13-7-5-9-15(13)25-26(16)17/h4-11H2,1-3H3,(H,24,27)/t21-,22+/m1/s1. The molecular formula is C22H26N4O3. The van der Waals surface area contributed by atoms with Crippen LogP contribution in [0.25, 0.3) is 5.65 Å². The predicted octanol–water partition coefficient (Wildman–Crippen LogP) is 2.77. The third kappa shape index (κ3) is 1.85. The third-order valence-electron chi connectivity index (χ3n) is 8.46. The molecule has 1 amide bonds. The molecule has 1 saturated heterocycles. The molecule has 3 aliphatic carbocycles. The van der Waals surface area contributed by atoms with Gasteiger partial charge in [-0.3, -0.25) is 9.59 Å². The zero-order chi connectivity index (χ0) is 20.2. The molecule has 2 aromatic heterocycles. The fourth-order valence-electron chi connectivity index (χ4n) is 6.17. The van der Waals surface area contributed by atoms with Crippen molar-refractivity contribution in [3.8, 4) is 0 Å². The first kappa shape index (κ1) is 17.4. The molecule has 1 saturated carbocycles. The molecule has 0 radical (unpaired) electrons. The van der Waals surface area contributed by atoms with Gasteiger partial charge in [-0.2, -0.15) is 9.61 Å². The van der Waals surface area contributed by atoms with Crippen LogP contribution in [-0.2, 0) is 40.0 Å². The number of amides is 1. The molecule has 0 unspecified atom stereocenters. The van der Waals surface area contributed by atoms with Crippen LogP contribution in [0, 0.1) is 10.8 Å². The maximum atomic E-state index is 13.7. The Hall–Kier alpha value is -2.44. The van der Waals surface area contributed by atoms with E-state index in [-0.39, 0.29) is 5.91 Å². The molecule has 1 aliphatic heterocycles. The Bertz CT molecular complexity index is 1120. The average Bonchev–Trinajstić information content (AvgIpc) is 3.41. The quantitative estimate of drug-likeness (QED) is 0.625. The van der Waals surface area contributed by atoms with Crippen LogP contribution in [0.15, 0.2) is 0 Å². The number of carbonyl (C=O) groups excluding carboxylic acids is 2. The van der Waals surface area contributed by atoms with E-state index in [9.17, 15) is 9.59 Å². The van der Waals surface area contributed by atoms with Crippen LogP contribution in [0.3, 0.4) is 0 Å². The van der Waals surface area contributed by atoms with Crippen LogP contribution in [0.5, 0.6) is 0 Å². The first-order valence-electron chi connectivity index (χ1n) is 10.8. The minimum absolute atomic E-state index is 0.258.